The molecule has 7 nitrogen and oxygen atoms in total. The standard InChI is InChI=1S/C13H10N6O/c1-20-9-4-2-8(3-5-9)19-13(17)10(6-14)12(16)11(7-15)18-19/h2-5,10,16-17H,1H3. The molecule has 0 spiro atoms. The predicted octanol–water partition coefficient (Wildman–Crippen LogP) is 1.53. The Balaban J connectivity index is 2.47. The van der Waals surface area contributed by atoms with E-state index in [-0.39, 0.29) is 17.3 Å². The number of nitriles is 2. The Labute approximate surface area is 115 Å². The van der Waals surface area contributed by atoms with Crippen LogP contribution in [-0.2, 0) is 0 Å². The topological polar surface area (TPSA) is 120 Å². The molecule has 1 aromatic rings. The summed E-state index contributed by atoms with van der Waals surface area (Å²) in [6, 6.07) is 10.3. The van der Waals surface area contributed by atoms with Gasteiger partial charge in [0, 0.05) is 0 Å². The van der Waals surface area contributed by atoms with Crippen LogP contribution < -0.4 is 9.75 Å². The number of anilines is 1. The molecule has 0 aliphatic carbocycles. The first-order valence-corrected chi connectivity index (χ1v) is 5.62. The maximum atomic E-state index is 9.05. The van der Waals surface area contributed by atoms with Crippen molar-refractivity contribution in [2.24, 2.45) is 11.0 Å². The molecule has 0 amide bonds. The monoisotopic (exact) mass is 266 g/mol. The molecule has 0 aromatic heterocycles. The Morgan fingerprint density at radius 1 is 1.25 bits per heavy atom. The number of nitrogens with zero attached hydrogens (tertiary/aromatic N) is 4. The number of ether oxygens (including phenoxy) is 1. The van der Waals surface area contributed by atoms with E-state index in [4.69, 9.17) is 26.1 Å². The molecule has 7 heteroatoms. The largest absolute Gasteiger partial charge is 0.497 e. The highest BCUT2D eigenvalue weighted by Gasteiger charge is 2.33. The first kappa shape index (κ1) is 13.2. The fourth-order valence-corrected chi connectivity index (χ4v) is 1.73. The number of amidine groups is 1. The van der Waals surface area contributed by atoms with Crippen LogP contribution in [0.3, 0.4) is 0 Å². The highest BCUT2D eigenvalue weighted by atomic mass is 16.5. The molecule has 0 bridgehead atoms. The minimum Gasteiger partial charge on any atom is -0.497 e. The number of methoxy groups -OCH3 is 1. The quantitative estimate of drug-likeness (QED) is 0.843. The summed E-state index contributed by atoms with van der Waals surface area (Å²) in [5, 5.41) is 38.8. The number of rotatable bonds is 2. The SMILES string of the molecule is COc1ccc(N2N=C(C#N)C(=N)C(C#N)C2=N)cc1. The molecule has 1 heterocycles. The van der Waals surface area contributed by atoms with Gasteiger partial charge >= 0.3 is 0 Å². The van der Waals surface area contributed by atoms with Gasteiger partial charge in [-0.05, 0) is 24.3 Å². The molecule has 1 aliphatic rings. The number of benzene rings is 1. The molecule has 0 fully saturated rings. The molecule has 2 rings (SSSR count). The van der Waals surface area contributed by atoms with E-state index in [9.17, 15) is 0 Å². The van der Waals surface area contributed by atoms with Gasteiger partial charge in [0.15, 0.2) is 5.71 Å². The van der Waals surface area contributed by atoms with E-state index >= 15 is 0 Å². The van der Waals surface area contributed by atoms with Gasteiger partial charge in [0.05, 0.1) is 24.6 Å². The van der Waals surface area contributed by atoms with Gasteiger partial charge < -0.3 is 10.1 Å². The molecule has 1 unspecified atom stereocenters. The number of hydrogen-bond acceptors (Lipinski definition) is 6. The first-order valence-electron chi connectivity index (χ1n) is 5.62. The van der Waals surface area contributed by atoms with E-state index in [0.29, 0.717) is 11.4 Å². The van der Waals surface area contributed by atoms with Crippen molar-refractivity contribution in [1.29, 1.82) is 21.3 Å². The summed E-state index contributed by atoms with van der Waals surface area (Å²) in [5.74, 6) is -0.600. The van der Waals surface area contributed by atoms with E-state index in [1.165, 1.54) is 12.1 Å². The average Bonchev–Trinajstić information content (AvgIpc) is 2.48. The Bertz CT molecular complexity index is 676. The van der Waals surface area contributed by atoms with Gasteiger partial charge in [-0.1, -0.05) is 0 Å². The van der Waals surface area contributed by atoms with Crippen molar-refractivity contribution >= 4 is 22.9 Å². The lowest BCUT2D eigenvalue weighted by Gasteiger charge is -2.27. The number of nitrogens with one attached hydrogen (secondary N) is 2. The molecule has 20 heavy (non-hydrogen) atoms. The molecule has 1 aromatic carbocycles. The normalized spacial score (nSPS) is 18.1. The van der Waals surface area contributed by atoms with Crippen molar-refractivity contribution < 1.29 is 4.74 Å². The smallest absolute Gasteiger partial charge is 0.183 e. The van der Waals surface area contributed by atoms with Crippen LogP contribution >= 0.6 is 0 Å². The van der Waals surface area contributed by atoms with Crippen LogP contribution in [0.2, 0.25) is 0 Å². The van der Waals surface area contributed by atoms with Crippen LogP contribution in [0.1, 0.15) is 0 Å². The van der Waals surface area contributed by atoms with Crippen molar-refractivity contribution in [3.8, 4) is 17.9 Å². The fourth-order valence-electron chi connectivity index (χ4n) is 1.73. The summed E-state index contributed by atoms with van der Waals surface area (Å²) in [4.78, 5) is 0. The lowest BCUT2D eigenvalue weighted by molar-refractivity contribution is 0.415. The third-order valence-corrected chi connectivity index (χ3v) is 2.80. The maximum absolute atomic E-state index is 9.05. The minimum absolute atomic E-state index is 0.151. The summed E-state index contributed by atoms with van der Waals surface area (Å²) in [7, 11) is 1.54. The molecular formula is C13H10N6O. The van der Waals surface area contributed by atoms with E-state index in [2.05, 4.69) is 5.10 Å². The predicted molar refractivity (Wildman–Crippen MR) is 73.1 cm³/mol. The first-order chi connectivity index (χ1) is 9.62. The van der Waals surface area contributed by atoms with E-state index in [0.717, 1.165) is 0 Å². The van der Waals surface area contributed by atoms with Crippen LogP contribution in [0.15, 0.2) is 29.4 Å². The zero-order chi connectivity index (χ0) is 14.7. The number of hydrazone groups is 1. The van der Waals surface area contributed by atoms with E-state index in [1.54, 1.807) is 30.3 Å². The van der Waals surface area contributed by atoms with Crippen molar-refractivity contribution in [3.63, 3.8) is 0 Å². The minimum atomic E-state index is -1.09. The molecule has 98 valence electrons. The summed E-state index contributed by atoms with van der Waals surface area (Å²) in [6.45, 7) is 0. The zero-order valence-electron chi connectivity index (χ0n) is 10.6. The zero-order valence-corrected chi connectivity index (χ0v) is 10.6. The second kappa shape index (κ2) is 5.21. The van der Waals surface area contributed by atoms with Gasteiger partial charge in [0.25, 0.3) is 0 Å². The highest BCUT2D eigenvalue weighted by molar-refractivity contribution is 6.53. The molecule has 0 radical (unpaired) electrons. The van der Waals surface area contributed by atoms with E-state index < -0.39 is 5.92 Å². The summed E-state index contributed by atoms with van der Waals surface area (Å²) < 4.78 is 5.04. The van der Waals surface area contributed by atoms with Crippen LogP contribution in [0.25, 0.3) is 0 Å². The molecule has 2 N–H and O–H groups in total. The van der Waals surface area contributed by atoms with Crippen molar-refractivity contribution in [1.82, 2.24) is 0 Å². The summed E-state index contributed by atoms with van der Waals surface area (Å²) >= 11 is 0. The summed E-state index contributed by atoms with van der Waals surface area (Å²) in [5.41, 5.74) is 0.115. The lowest BCUT2D eigenvalue weighted by atomic mass is 9.98. The molecule has 1 atom stereocenters. The average molecular weight is 266 g/mol. The van der Waals surface area contributed by atoms with E-state index in [1.807, 2.05) is 6.07 Å². The maximum Gasteiger partial charge on any atom is 0.183 e. The van der Waals surface area contributed by atoms with Gasteiger partial charge in [-0.2, -0.15) is 15.6 Å². The second-order valence-corrected chi connectivity index (χ2v) is 3.93. The fraction of sp³-hybridized carbons (Fsp3) is 0.154. The Kier molecular flexibility index (Phi) is 3.45. The van der Waals surface area contributed by atoms with Gasteiger partial charge in [0.1, 0.15) is 23.6 Å². The van der Waals surface area contributed by atoms with Gasteiger partial charge in [0.2, 0.25) is 0 Å². The third-order valence-electron chi connectivity index (χ3n) is 2.80. The van der Waals surface area contributed by atoms with Crippen LogP contribution in [0.4, 0.5) is 5.69 Å². The van der Waals surface area contributed by atoms with Gasteiger partial charge in [-0.3, -0.25) is 5.41 Å². The van der Waals surface area contributed by atoms with Crippen molar-refractivity contribution in [2.75, 3.05) is 12.1 Å². The lowest BCUT2D eigenvalue weighted by Crippen LogP contribution is -2.43. The Hall–Kier alpha value is -3.19. The molecule has 1 aliphatic heterocycles. The van der Waals surface area contributed by atoms with Crippen LogP contribution in [-0.4, -0.2) is 24.4 Å². The molecular weight excluding hydrogens is 256 g/mol. The van der Waals surface area contributed by atoms with Gasteiger partial charge in [-0.25, -0.2) is 5.01 Å². The highest BCUT2D eigenvalue weighted by Crippen LogP contribution is 2.24. The second-order valence-electron chi connectivity index (χ2n) is 3.93. The number of hydrogen-bond donors (Lipinski definition) is 2. The van der Waals surface area contributed by atoms with Crippen molar-refractivity contribution in [2.45, 2.75) is 0 Å². The Morgan fingerprint density at radius 3 is 2.40 bits per heavy atom. The van der Waals surface area contributed by atoms with Gasteiger partial charge in [-0.15, -0.1) is 0 Å². The Morgan fingerprint density at radius 2 is 1.90 bits per heavy atom. The van der Waals surface area contributed by atoms with Crippen molar-refractivity contribution in [3.05, 3.63) is 24.3 Å². The third kappa shape index (κ3) is 2.08. The molecule has 0 saturated heterocycles. The summed E-state index contributed by atoms with van der Waals surface area (Å²) in [6.07, 6.45) is 0. The molecule has 0 saturated carbocycles. The van der Waals surface area contributed by atoms with Crippen LogP contribution in [0.5, 0.6) is 5.75 Å². The van der Waals surface area contributed by atoms with Crippen LogP contribution in [0, 0.1) is 39.4 Å².